The molecule has 0 N–H and O–H groups in total. The van der Waals surface area contributed by atoms with Gasteiger partial charge in [-0.05, 0) is 5.75 Å². The summed E-state index contributed by atoms with van der Waals surface area (Å²) < 4.78 is 22.0. The van der Waals surface area contributed by atoms with Crippen LogP contribution in [-0.2, 0) is 4.57 Å². The van der Waals surface area contributed by atoms with Gasteiger partial charge < -0.3 is 0 Å². The van der Waals surface area contributed by atoms with E-state index in [9.17, 15) is 8.76 Å². The van der Waals surface area contributed by atoms with Gasteiger partial charge in [-0.3, -0.25) is 4.57 Å². The van der Waals surface area contributed by atoms with Crippen LogP contribution in [0.15, 0.2) is 0 Å². The van der Waals surface area contributed by atoms with Crippen LogP contribution in [0.4, 0.5) is 4.20 Å². The first-order valence-electron chi connectivity index (χ1n) is 1.98. The largest absolute Gasteiger partial charge is 0.293 e. The molecule has 0 spiro atoms. The molecule has 0 radical (unpaired) electrons. The molecule has 0 amide bonds. The second kappa shape index (κ2) is 2.73. The Hall–Kier alpha value is 0.510. The first kappa shape index (κ1) is 7.51. The lowest BCUT2D eigenvalue weighted by atomic mass is 11.0. The van der Waals surface area contributed by atoms with Crippen LogP contribution >= 0.6 is 18.0 Å². The maximum absolute atomic E-state index is 11.9. The van der Waals surface area contributed by atoms with Gasteiger partial charge in [0.1, 0.15) is 0 Å². The molecule has 0 fully saturated rings. The van der Waals surface area contributed by atoms with Gasteiger partial charge in [0.05, 0.1) is 0 Å². The van der Waals surface area contributed by atoms with Gasteiger partial charge in [-0.25, -0.2) is 0 Å². The highest BCUT2D eigenvalue weighted by Crippen LogP contribution is 2.56. The predicted octanol–water partition coefficient (Wildman–Crippen LogP) is 2.53. The van der Waals surface area contributed by atoms with Gasteiger partial charge in [0.15, 0.2) is 0 Å². The number of hydrogen-bond donors (Lipinski definition) is 0. The molecule has 0 aromatic rings. The van der Waals surface area contributed by atoms with E-state index in [0.717, 1.165) is 18.0 Å². The topological polar surface area (TPSA) is 17.1 Å². The molecule has 1 unspecified atom stereocenters. The summed E-state index contributed by atoms with van der Waals surface area (Å²) in [6.07, 6.45) is 0. The third-order valence-corrected chi connectivity index (χ3v) is 3.24. The molecule has 0 aromatic carbocycles. The number of hydrogen-bond acceptors (Lipinski definition) is 2. The van der Waals surface area contributed by atoms with Crippen LogP contribution in [-0.4, -0.2) is 12.4 Å². The molecule has 0 aliphatic rings. The lowest BCUT2D eigenvalue weighted by Crippen LogP contribution is -1.61. The fraction of sp³-hybridized carbons (Fsp3) is 1.00. The molecule has 0 heterocycles. The van der Waals surface area contributed by atoms with E-state index in [1.165, 1.54) is 0 Å². The summed E-state index contributed by atoms with van der Waals surface area (Å²) in [6, 6.07) is 0. The lowest BCUT2D eigenvalue weighted by Gasteiger charge is -1.94. The maximum Gasteiger partial charge on any atom is 0.293 e. The van der Waals surface area contributed by atoms with Crippen molar-refractivity contribution in [2.45, 2.75) is 6.92 Å². The van der Waals surface area contributed by atoms with Crippen molar-refractivity contribution in [1.82, 2.24) is 0 Å². The monoisotopic (exact) mass is 142 g/mol. The standard InChI is InChI=1S/C3H8FOPS/c1-3-7-6(2,4)5/h3H2,1-2H3. The third kappa shape index (κ3) is 6.51. The van der Waals surface area contributed by atoms with Gasteiger partial charge in [-0.2, -0.15) is 4.20 Å². The molecule has 0 saturated heterocycles. The van der Waals surface area contributed by atoms with Crippen molar-refractivity contribution < 1.29 is 8.76 Å². The molecule has 4 heteroatoms. The molecule has 1 atom stereocenters. The molecule has 0 saturated carbocycles. The highest BCUT2D eigenvalue weighted by Gasteiger charge is 2.09. The molecule has 0 bridgehead atoms. The Bertz CT molecular complexity index is 88.9. The Kier molecular flexibility index (Phi) is 2.93. The fourth-order valence-electron chi connectivity index (χ4n) is 0.231. The van der Waals surface area contributed by atoms with Crippen molar-refractivity contribution in [3.05, 3.63) is 0 Å². The van der Waals surface area contributed by atoms with Gasteiger partial charge in [0.25, 0.3) is 6.65 Å². The maximum atomic E-state index is 11.9. The summed E-state index contributed by atoms with van der Waals surface area (Å²) in [5.74, 6) is 0.588. The molecule has 44 valence electrons. The van der Waals surface area contributed by atoms with Crippen LogP contribution in [0.3, 0.4) is 0 Å². The van der Waals surface area contributed by atoms with Crippen molar-refractivity contribution in [3.63, 3.8) is 0 Å². The predicted molar refractivity (Wildman–Crippen MR) is 32.8 cm³/mol. The highest BCUT2D eigenvalue weighted by atomic mass is 32.7. The smallest absolute Gasteiger partial charge is 0.276 e. The van der Waals surface area contributed by atoms with E-state index in [-0.39, 0.29) is 0 Å². The Morgan fingerprint density at radius 1 is 1.86 bits per heavy atom. The van der Waals surface area contributed by atoms with Gasteiger partial charge in [-0.1, -0.05) is 18.3 Å². The molecule has 1 nitrogen and oxygen atoms in total. The Balaban J connectivity index is 3.36. The van der Waals surface area contributed by atoms with Crippen LogP contribution in [0.2, 0.25) is 0 Å². The van der Waals surface area contributed by atoms with E-state index in [4.69, 9.17) is 0 Å². The molecule has 0 aliphatic carbocycles. The van der Waals surface area contributed by atoms with Crippen LogP contribution in [0.1, 0.15) is 6.92 Å². The average Bonchev–Trinajstić information content (AvgIpc) is 1.30. The van der Waals surface area contributed by atoms with Crippen LogP contribution < -0.4 is 0 Å². The molecule has 7 heavy (non-hydrogen) atoms. The summed E-state index contributed by atoms with van der Waals surface area (Å²) in [5, 5.41) is 0. The van der Waals surface area contributed by atoms with Gasteiger partial charge in [0.2, 0.25) is 0 Å². The number of halogens is 1. The fourth-order valence-corrected chi connectivity index (χ4v) is 2.08. The van der Waals surface area contributed by atoms with Crippen molar-refractivity contribution in [2.75, 3.05) is 12.4 Å². The van der Waals surface area contributed by atoms with Crippen molar-refractivity contribution in [3.8, 4) is 0 Å². The van der Waals surface area contributed by atoms with E-state index in [1.54, 1.807) is 6.92 Å². The minimum Gasteiger partial charge on any atom is -0.276 e. The highest BCUT2D eigenvalue weighted by molar-refractivity contribution is 8.56. The van der Waals surface area contributed by atoms with E-state index in [1.807, 2.05) is 0 Å². The van der Waals surface area contributed by atoms with E-state index in [2.05, 4.69) is 0 Å². The molecule has 0 aliphatic heterocycles. The summed E-state index contributed by atoms with van der Waals surface area (Å²) in [6.45, 7) is -0.345. The van der Waals surface area contributed by atoms with Crippen molar-refractivity contribution in [1.29, 1.82) is 0 Å². The average molecular weight is 142 g/mol. The Labute approximate surface area is 46.9 Å². The SMILES string of the molecule is CCSP(C)(=O)F. The zero-order chi connectivity index (χ0) is 5.91. The minimum absolute atomic E-state index is 0.588. The van der Waals surface area contributed by atoms with E-state index >= 15 is 0 Å². The summed E-state index contributed by atoms with van der Waals surface area (Å²) in [5.41, 5.74) is 0. The third-order valence-electron chi connectivity index (χ3n) is 0.360. The molecule has 0 aromatic heterocycles. The van der Waals surface area contributed by atoms with Crippen LogP contribution in [0.25, 0.3) is 0 Å². The van der Waals surface area contributed by atoms with Crippen LogP contribution in [0, 0.1) is 0 Å². The van der Waals surface area contributed by atoms with Gasteiger partial charge in [-0.15, -0.1) is 0 Å². The van der Waals surface area contributed by atoms with Gasteiger partial charge >= 0.3 is 0 Å². The normalized spacial score (nSPS) is 18.7. The van der Waals surface area contributed by atoms with Crippen LogP contribution in [0.5, 0.6) is 0 Å². The second-order valence-corrected chi connectivity index (χ2v) is 6.22. The zero-order valence-corrected chi connectivity index (χ0v) is 6.06. The van der Waals surface area contributed by atoms with E-state index in [0.29, 0.717) is 5.75 Å². The number of rotatable bonds is 2. The quantitative estimate of drug-likeness (QED) is 0.551. The first-order valence-corrected chi connectivity index (χ1v) is 5.61. The lowest BCUT2D eigenvalue weighted by molar-refractivity contribution is 0.560. The second-order valence-electron chi connectivity index (χ2n) is 1.16. The molecular formula is C3H8FOPS. The first-order chi connectivity index (χ1) is 3.06. The molecular weight excluding hydrogens is 134 g/mol. The summed E-state index contributed by atoms with van der Waals surface area (Å²) in [7, 11) is 0. The van der Waals surface area contributed by atoms with Crippen molar-refractivity contribution in [2.24, 2.45) is 0 Å². The zero-order valence-electron chi connectivity index (χ0n) is 4.35. The minimum atomic E-state index is -3.25. The Morgan fingerprint density at radius 2 is 2.29 bits per heavy atom. The van der Waals surface area contributed by atoms with Crippen molar-refractivity contribution >= 4 is 18.0 Å². The van der Waals surface area contributed by atoms with Gasteiger partial charge in [0, 0.05) is 6.66 Å². The summed E-state index contributed by atoms with van der Waals surface area (Å²) in [4.78, 5) is 0. The Morgan fingerprint density at radius 3 is 2.29 bits per heavy atom. The van der Waals surface area contributed by atoms with E-state index < -0.39 is 6.65 Å². The molecule has 0 rings (SSSR count). The summed E-state index contributed by atoms with van der Waals surface area (Å²) >= 11 is 0.877.